The number of aliphatic hydroxyl groups excluding tert-OH is 3. The van der Waals surface area contributed by atoms with Gasteiger partial charge in [-0.1, -0.05) is 0 Å². The van der Waals surface area contributed by atoms with Gasteiger partial charge in [-0.15, -0.1) is 0 Å². The second-order valence-electron chi connectivity index (χ2n) is 4.91. The van der Waals surface area contributed by atoms with Crippen LogP contribution in [0.25, 0.3) is 11.2 Å². The number of anilines is 1. The van der Waals surface area contributed by atoms with Crippen molar-refractivity contribution in [2.75, 3.05) is 12.3 Å². The molecule has 1 fully saturated rings. The zero-order chi connectivity index (χ0) is 16.0. The Labute approximate surface area is 129 Å². The first-order valence-corrected chi connectivity index (χ1v) is 7.11. The van der Waals surface area contributed by atoms with E-state index in [9.17, 15) is 20.1 Å². The lowest BCUT2D eigenvalue weighted by molar-refractivity contribution is -0.0520. The van der Waals surface area contributed by atoms with Crippen LogP contribution in [0.5, 0.6) is 0 Å². The number of hydrogen-bond donors (Lipinski definition) is 6. The molecule has 1 aliphatic rings. The van der Waals surface area contributed by atoms with Crippen LogP contribution in [0.4, 0.5) is 5.95 Å². The third kappa shape index (κ3) is 2.18. The summed E-state index contributed by atoms with van der Waals surface area (Å²) < 4.78 is 6.81. The number of hydrogen-bond acceptors (Lipinski definition) is 9. The number of nitrogens with zero attached hydrogens (tertiary/aromatic N) is 3. The number of H-pyrrole nitrogens is 1. The number of nitrogens with one attached hydrogen (secondary N) is 1. The number of rotatable bonds is 3. The molecule has 3 heterocycles. The second-order valence-corrected chi connectivity index (χ2v) is 5.22. The maximum atomic E-state index is 11.9. The van der Waals surface area contributed by atoms with Crippen molar-refractivity contribution < 1.29 is 20.1 Å². The van der Waals surface area contributed by atoms with Crippen LogP contribution in [0, 0.1) is 0 Å². The van der Waals surface area contributed by atoms with Gasteiger partial charge in [0.25, 0.3) is 5.56 Å². The highest BCUT2D eigenvalue weighted by Crippen LogP contribution is 2.32. The summed E-state index contributed by atoms with van der Waals surface area (Å²) in [5.74, 6) is 0.343. The van der Waals surface area contributed by atoms with Crippen LogP contribution in [-0.2, 0) is 10.5 Å². The van der Waals surface area contributed by atoms with Crippen molar-refractivity contribution in [3.05, 3.63) is 16.2 Å². The van der Waals surface area contributed by atoms with E-state index in [-0.39, 0.29) is 22.9 Å². The van der Waals surface area contributed by atoms with Crippen molar-refractivity contribution in [2.45, 2.75) is 30.3 Å². The smallest absolute Gasteiger partial charge is 0.280 e. The Morgan fingerprint density at radius 2 is 2.09 bits per heavy atom. The molecule has 0 amide bonds. The van der Waals surface area contributed by atoms with Gasteiger partial charge in [-0.25, -0.2) is 4.98 Å². The van der Waals surface area contributed by atoms with E-state index in [1.807, 2.05) is 0 Å². The SMILES string of the molecule is Nc1nc2c(nc(CS)n2[C@@H]2O[C@H](CO)C(O)C2O)c(=O)[nH]1. The number of nitrogens with two attached hydrogens (primary N) is 1. The number of ether oxygens (including phenoxy) is 1. The van der Waals surface area contributed by atoms with Crippen LogP contribution in [0.2, 0.25) is 0 Å². The summed E-state index contributed by atoms with van der Waals surface area (Å²) in [5, 5.41) is 29.2. The molecule has 2 aromatic rings. The normalized spacial score (nSPS) is 28.5. The molecule has 0 radical (unpaired) electrons. The van der Waals surface area contributed by atoms with Crippen LogP contribution >= 0.6 is 12.6 Å². The predicted octanol–water partition coefficient (Wildman–Crippen LogP) is -2.26. The van der Waals surface area contributed by atoms with Crippen molar-refractivity contribution >= 4 is 29.7 Å². The molecule has 22 heavy (non-hydrogen) atoms. The molecule has 0 spiro atoms. The molecule has 3 rings (SSSR count). The Hall–Kier alpha value is -1.66. The summed E-state index contributed by atoms with van der Waals surface area (Å²) >= 11 is 4.14. The van der Waals surface area contributed by atoms with Crippen molar-refractivity contribution in [1.29, 1.82) is 0 Å². The fraction of sp³-hybridized carbons (Fsp3) is 0.545. The molecular formula is C11H15N5O5S. The van der Waals surface area contributed by atoms with Gasteiger partial charge in [0, 0.05) is 5.75 Å². The number of aromatic amines is 1. The van der Waals surface area contributed by atoms with Gasteiger partial charge in [0.15, 0.2) is 17.4 Å². The van der Waals surface area contributed by atoms with E-state index in [1.165, 1.54) is 4.57 Å². The average molecular weight is 329 g/mol. The monoisotopic (exact) mass is 329 g/mol. The van der Waals surface area contributed by atoms with E-state index in [2.05, 4.69) is 27.6 Å². The van der Waals surface area contributed by atoms with Gasteiger partial charge in [-0.2, -0.15) is 17.6 Å². The van der Waals surface area contributed by atoms with Gasteiger partial charge >= 0.3 is 0 Å². The minimum atomic E-state index is -1.32. The highest BCUT2D eigenvalue weighted by Gasteiger charge is 2.44. The van der Waals surface area contributed by atoms with Gasteiger partial charge in [-0.3, -0.25) is 14.3 Å². The molecule has 0 saturated carbocycles. The molecule has 120 valence electrons. The van der Waals surface area contributed by atoms with Crippen LogP contribution in [-0.4, -0.2) is 59.8 Å². The summed E-state index contributed by atoms with van der Waals surface area (Å²) in [5.41, 5.74) is 5.14. The number of fused-ring (bicyclic) bond motifs is 1. The number of nitrogen functional groups attached to an aromatic ring is 1. The van der Waals surface area contributed by atoms with Gasteiger partial charge in [0.1, 0.15) is 24.1 Å². The molecule has 4 atom stereocenters. The fourth-order valence-electron chi connectivity index (χ4n) is 2.52. The van der Waals surface area contributed by atoms with Crippen LogP contribution in [0.15, 0.2) is 4.79 Å². The van der Waals surface area contributed by atoms with Crippen molar-refractivity contribution in [2.24, 2.45) is 0 Å². The first-order chi connectivity index (χ1) is 10.5. The van der Waals surface area contributed by atoms with Crippen LogP contribution < -0.4 is 11.3 Å². The van der Waals surface area contributed by atoms with Crippen molar-refractivity contribution in [3.8, 4) is 0 Å². The minimum absolute atomic E-state index is 0.0241. The second kappa shape index (κ2) is 5.52. The average Bonchev–Trinajstić information content (AvgIpc) is 2.98. The van der Waals surface area contributed by atoms with E-state index < -0.39 is 36.7 Å². The molecular weight excluding hydrogens is 314 g/mol. The third-order valence-electron chi connectivity index (χ3n) is 3.56. The van der Waals surface area contributed by atoms with Gasteiger partial charge in [0.05, 0.1) is 6.61 Å². The quantitative estimate of drug-likeness (QED) is 0.344. The van der Waals surface area contributed by atoms with Crippen molar-refractivity contribution in [3.63, 3.8) is 0 Å². The number of aliphatic hydroxyl groups is 3. The molecule has 10 nitrogen and oxygen atoms in total. The lowest BCUT2D eigenvalue weighted by atomic mass is 10.1. The Morgan fingerprint density at radius 1 is 1.36 bits per heavy atom. The summed E-state index contributed by atoms with van der Waals surface area (Å²) in [4.78, 5) is 22.3. The van der Waals surface area contributed by atoms with E-state index in [0.717, 1.165) is 0 Å². The maximum absolute atomic E-state index is 11.9. The Balaban J connectivity index is 2.20. The van der Waals surface area contributed by atoms with Crippen molar-refractivity contribution in [1.82, 2.24) is 19.5 Å². The molecule has 2 aromatic heterocycles. The lowest BCUT2D eigenvalue weighted by Gasteiger charge is -2.18. The molecule has 6 N–H and O–H groups in total. The first-order valence-electron chi connectivity index (χ1n) is 6.47. The van der Waals surface area contributed by atoms with E-state index >= 15 is 0 Å². The minimum Gasteiger partial charge on any atom is -0.394 e. The summed E-state index contributed by atoms with van der Waals surface area (Å²) in [6.07, 6.45) is -4.62. The predicted molar refractivity (Wildman–Crippen MR) is 78.3 cm³/mol. The van der Waals surface area contributed by atoms with Gasteiger partial charge in [0.2, 0.25) is 5.95 Å². The standard InChI is InChI=1S/C11H15N5O5S/c12-11-14-8-5(9(20)15-11)13-4(2-22)16(8)10-7(19)6(18)3(1-17)21-10/h3,6-7,10,17-19,22H,1-2H2,(H3,12,14,15,20)/t3-,6?,7?,10-/m1/s1. The van der Waals surface area contributed by atoms with Gasteiger partial charge in [-0.05, 0) is 0 Å². The Morgan fingerprint density at radius 3 is 2.68 bits per heavy atom. The topological polar surface area (TPSA) is 160 Å². The molecule has 0 aliphatic carbocycles. The maximum Gasteiger partial charge on any atom is 0.280 e. The molecule has 1 aliphatic heterocycles. The molecule has 2 unspecified atom stereocenters. The third-order valence-corrected chi connectivity index (χ3v) is 3.84. The molecule has 11 heteroatoms. The summed E-state index contributed by atoms with van der Waals surface area (Å²) in [6, 6.07) is 0. The Kier molecular flexibility index (Phi) is 3.82. The zero-order valence-corrected chi connectivity index (χ0v) is 12.1. The first kappa shape index (κ1) is 15.2. The molecule has 1 saturated heterocycles. The van der Waals surface area contributed by atoms with Gasteiger partial charge < -0.3 is 25.8 Å². The van der Waals surface area contributed by atoms with E-state index in [1.54, 1.807) is 0 Å². The van der Waals surface area contributed by atoms with Crippen LogP contribution in [0.1, 0.15) is 12.1 Å². The highest BCUT2D eigenvalue weighted by molar-refractivity contribution is 7.79. The Bertz CT molecular complexity index is 761. The number of imidazole rings is 1. The van der Waals surface area contributed by atoms with E-state index in [4.69, 9.17) is 10.5 Å². The molecule has 0 aromatic carbocycles. The summed E-state index contributed by atoms with van der Waals surface area (Å²) in [6.45, 7) is -0.465. The molecule has 0 bridgehead atoms. The fourth-order valence-corrected chi connectivity index (χ4v) is 2.74. The van der Waals surface area contributed by atoms with E-state index in [0.29, 0.717) is 5.82 Å². The summed E-state index contributed by atoms with van der Waals surface area (Å²) in [7, 11) is 0. The van der Waals surface area contributed by atoms with Crippen LogP contribution in [0.3, 0.4) is 0 Å². The number of aromatic nitrogens is 4. The number of thiol groups is 1. The largest absolute Gasteiger partial charge is 0.394 e. The highest BCUT2D eigenvalue weighted by atomic mass is 32.1. The zero-order valence-electron chi connectivity index (χ0n) is 11.2. The lowest BCUT2D eigenvalue weighted by Crippen LogP contribution is -2.33.